The molecule has 1 aromatic carbocycles. The van der Waals surface area contributed by atoms with Crippen LogP contribution in [0.25, 0.3) is 0 Å². The van der Waals surface area contributed by atoms with E-state index in [4.69, 9.17) is 4.55 Å². The first kappa shape index (κ1) is 12.2. The fraction of sp³-hybridized carbons (Fsp3) is 0.400. The molecule has 84 valence electrons. The molecule has 0 fully saturated rings. The first-order chi connectivity index (χ1) is 7.01. The van der Waals surface area contributed by atoms with Crippen LogP contribution in [0.3, 0.4) is 0 Å². The maximum atomic E-state index is 10.5. The minimum atomic E-state index is -4.36. The zero-order valence-corrected chi connectivity index (χ0v) is 9.28. The molecule has 15 heavy (non-hydrogen) atoms. The highest BCUT2D eigenvalue weighted by molar-refractivity contribution is 7.80. The summed E-state index contributed by atoms with van der Waals surface area (Å²) in [6.07, 6.45) is 0.480. The van der Waals surface area contributed by atoms with Crippen molar-refractivity contribution in [2.75, 3.05) is 0 Å². The largest absolute Gasteiger partial charge is 0.397 e. The van der Waals surface area contributed by atoms with Crippen LogP contribution in [0.5, 0.6) is 0 Å². The molecule has 1 atom stereocenters. The predicted octanol–water partition coefficient (Wildman–Crippen LogP) is 1.83. The Kier molecular flexibility index (Phi) is 4.26. The maximum Gasteiger partial charge on any atom is 0.397 e. The zero-order valence-electron chi connectivity index (χ0n) is 8.46. The highest BCUT2D eigenvalue weighted by atomic mass is 32.3. The first-order valence-electron chi connectivity index (χ1n) is 4.71. The van der Waals surface area contributed by atoms with E-state index < -0.39 is 16.5 Å². The molecule has 1 rings (SSSR count). The van der Waals surface area contributed by atoms with Crippen LogP contribution in [0, 0.1) is 0 Å². The van der Waals surface area contributed by atoms with Crippen LogP contribution in [0.15, 0.2) is 30.3 Å². The van der Waals surface area contributed by atoms with Gasteiger partial charge in [0, 0.05) is 6.42 Å². The molecule has 0 saturated heterocycles. The van der Waals surface area contributed by atoms with E-state index in [9.17, 15) is 8.42 Å². The average molecular weight is 230 g/mol. The summed E-state index contributed by atoms with van der Waals surface area (Å²) in [5.74, 6) is 0. The number of hydrogen-bond acceptors (Lipinski definition) is 3. The van der Waals surface area contributed by atoms with Crippen LogP contribution in [0.4, 0.5) is 0 Å². The summed E-state index contributed by atoms with van der Waals surface area (Å²) in [4.78, 5) is 0. The minimum absolute atomic E-state index is 0.469. The SMILES string of the molecule is CCC(Cc1ccccc1)OS(=O)(=O)O. The number of rotatable bonds is 5. The Hall–Kier alpha value is -0.910. The predicted molar refractivity (Wildman–Crippen MR) is 56.9 cm³/mol. The van der Waals surface area contributed by atoms with Crippen LogP contribution in [-0.2, 0) is 21.0 Å². The third-order valence-electron chi connectivity index (χ3n) is 2.02. The van der Waals surface area contributed by atoms with Gasteiger partial charge < -0.3 is 0 Å². The molecule has 1 N–H and O–H groups in total. The van der Waals surface area contributed by atoms with Gasteiger partial charge >= 0.3 is 10.4 Å². The molecule has 0 heterocycles. The molecule has 0 aliphatic heterocycles. The molecule has 0 bridgehead atoms. The molecular formula is C10H14O4S. The van der Waals surface area contributed by atoms with Gasteiger partial charge in [0.05, 0.1) is 6.10 Å². The summed E-state index contributed by atoms with van der Waals surface area (Å²) < 4.78 is 34.1. The van der Waals surface area contributed by atoms with Crippen molar-refractivity contribution in [3.8, 4) is 0 Å². The van der Waals surface area contributed by atoms with Gasteiger partial charge in [0.1, 0.15) is 0 Å². The van der Waals surface area contributed by atoms with Crippen molar-refractivity contribution in [2.45, 2.75) is 25.9 Å². The second kappa shape index (κ2) is 5.25. The highest BCUT2D eigenvalue weighted by Crippen LogP contribution is 2.10. The van der Waals surface area contributed by atoms with Crippen molar-refractivity contribution in [1.29, 1.82) is 0 Å². The van der Waals surface area contributed by atoms with E-state index in [1.54, 1.807) is 6.92 Å². The number of hydrogen-bond donors (Lipinski definition) is 1. The monoisotopic (exact) mass is 230 g/mol. The van der Waals surface area contributed by atoms with Crippen molar-refractivity contribution < 1.29 is 17.2 Å². The summed E-state index contributed by atoms with van der Waals surface area (Å²) in [6, 6.07) is 9.39. The van der Waals surface area contributed by atoms with E-state index in [2.05, 4.69) is 4.18 Å². The summed E-state index contributed by atoms with van der Waals surface area (Å²) in [6.45, 7) is 1.80. The molecule has 1 unspecified atom stereocenters. The third kappa shape index (κ3) is 4.92. The highest BCUT2D eigenvalue weighted by Gasteiger charge is 2.15. The summed E-state index contributed by atoms with van der Waals surface area (Å²) in [7, 11) is -4.36. The molecule has 0 spiro atoms. The lowest BCUT2D eigenvalue weighted by Gasteiger charge is -2.12. The van der Waals surface area contributed by atoms with Gasteiger partial charge in [-0.3, -0.25) is 4.55 Å². The topological polar surface area (TPSA) is 63.6 Å². The van der Waals surface area contributed by atoms with Crippen LogP contribution in [0.1, 0.15) is 18.9 Å². The van der Waals surface area contributed by atoms with Crippen molar-refractivity contribution in [3.63, 3.8) is 0 Å². The molecule has 5 heteroatoms. The molecule has 0 saturated carbocycles. The van der Waals surface area contributed by atoms with Crippen LogP contribution < -0.4 is 0 Å². The molecular weight excluding hydrogens is 216 g/mol. The minimum Gasteiger partial charge on any atom is -0.264 e. The molecule has 0 aliphatic carbocycles. The summed E-state index contributed by atoms with van der Waals surface area (Å²) >= 11 is 0. The van der Waals surface area contributed by atoms with E-state index in [1.807, 2.05) is 30.3 Å². The fourth-order valence-corrected chi connectivity index (χ4v) is 1.84. The van der Waals surface area contributed by atoms with Crippen LogP contribution in [0.2, 0.25) is 0 Å². The lowest BCUT2D eigenvalue weighted by atomic mass is 10.1. The Morgan fingerprint density at radius 1 is 1.33 bits per heavy atom. The lowest BCUT2D eigenvalue weighted by molar-refractivity contribution is 0.178. The van der Waals surface area contributed by atoms with Crippen molar-refractivity contribution in [2.24, 2.45) is 0 Å². The van der Waals surface area contributed by atoms with E-state index in [0.717, 1.165) is 5.56 Å². The van der Waals surface area contributed by atoms with Gasteiger partial charge in [-0.2, -0.15) is 8.42 Å². The quantitative estimate of drug-likeness (QED) is 0.784. The molecule has 0 aliphatic rings. The van der Waals surface area contributed by atoms with Gasteiger partial charge in [0.2, 0.25) is 0 Å². The number of benzene rings is 1. The summed E-state index contributed by atoms with van der Waals surface area (Å²) in [5, 5.41) is 0. The molecule has 0 amide bonds. The van der Waals surface area contributed by atoms with Gasteiger partial charge in [-0.25, -0.2) is 4.18 Å². The smallest absolute Gasteiger partial charge is 0.264 e. The third-order valence-corrected chi connectivity index (χ3v) is 2.53. The van der Waals surface area contributed by atoms with E-state index in [-0.39, 0.29) is 0 Å². The Balaban J connectivity index is 2.63. The van der Waals surface area contributed by atoms with Gasteiger partial charge in [0.15, 0.2) is 0 Å². The van der Waals surface area contributed by atoms with Gasteiger partial charge in [0.25, 0.3) is 0 Å². The Morgan fingerprint density at radius 2 is 1.93 bits per heavy atom. The lowest BCUT2D eigenvalue weighted by Crippen LogP contribution is -2.19. The molecule has 0 aromatic heterocycles. The van der Waals surface area contributed by atoms with E-state index in [1.165, 1.54) is 0 Å². The Morgan fingerprint density at radius 3 is 2.40 bits per heavy atom. The molecule has 0 radical (unpaired) electrons. The first-order valence-corrected chi connectivity index (χ1v) is 6.07. The second-order valence-electron chi connectivity index (χ2n) is 3.24. The van der Waals surface area contributed by atoms with Gasteiger partial charge in [-0.15, -0.1) is 0 Å². The van der Waals surface area contributed by atoms with E-state index in [0.29, 0.717) is 12.8 Å². The van der Waals surface area contributed by atoms with Crippen molar-refractivity contribution >= 4 is 10.4 Å². The van der Waals surface area contributed by atoms with Gasteiger partial charge in [-0.05, 0) is 12.0 Å². The second-order valence-corrected chi connectivity index (χ2v) is 4.29. The molecule has 4 nitrogen and oxygen atoms in total. The fourth-order valence-electron chi connectivity index (χ4n) is 1.30. The summed E-state index contributed by atoms with van der Waals surface area (Å²) in [5.41, 5.74) is 0.980. The normalized spacial score (nSPS) is 13.7. The van der Waals surface area contributed by atoms with Gasteiger partial charge in [-0.1, -0.05) is 37.3 Å². The van der Waals surface area contributed by atoms with Crippen LogP contribution in [-0.4, -0.2) is 19.1 Å². The van der Waals surface area contributed by atoms with Crippen molar-refractivity contribution in [3.05, 3.63) is 35.9 Å². The van der Waals surface area contributed by atoms with E-state index >= 15 is 0 Å². The zero-order chi connectivity index (χ0) is 11.3. The van der Waals surface area contributed by atoms with Crippen LogP contribution >= 0.6 is 0 Å². The maximum absolute atomic E-state index is 10.5. The Bertz CT molecular complexity index is 385. The molecule has 1 aromatic rings. The standard InChI is InChI=1S/C10H14O4S/c1-2-10(14-15(11,12)13)8-9-6-4-3-5-7-9/h3-7,10H,2,8H2,1H3,(H,11,12,13). The Labute approximate surface area is 89.8 Å². The van der Waals surface area contributed by atoms with Crippen molar-refractivity contribution in [1.82, 2.24) is 0 Å². The average Bonchev–Trinajstić information content (AvgIpc) is 2.16.